The zero-order chi connectivity index (χ0) is 16.8. The van der Waals surface area contributed by atoms with Crippen LogP contribution in [0.5, 0.6) is 0 Å². The largest absolute Gasteiger partial charge is 0.355 e. The number of carbonyl (C=O) groups excluding carboxylic acids is 2. The van der Waals surface area contributed by atoms with E-state index in [9.17, 15) is 9.59 Å². The van der Waals surface area contributed by atoms with Gasteiger partial charge in [0.2, 0.25) is 11.8 Å². The van der Waals surface area contributed by atoms with Gasteiger partial charge in [0.1, 0.15) is 0 Å². The van der Waals surface area contributed by atoms with Gasteiger partial charge in [-0.05, 0) is 45.2 Å². The summed E-state index contributed by atoms with van der Waals surface area (Å²) in [5.41, 5.74) is 22.2. The summed E-state index contributed by atoms with van der Waals surface area (Å²) in [6.07, 6.45) is 4.30. The molecule has 10 N–H and O–H groups in total. The monoisotopic (exact) mass is 316 g/mol. The maximum Gasteiger partial charge on any atom is 0.236 e. The van der Waals surface area contributed by atoms with Gasteiger partial charge in [0, 0.05) is 13.1 Å². The minimum absolute atomic E-state index is 0.164. The van der Waals surface area contributed by atoms with E-state index in [0.29, 0.717) is 45.4 Å². The maximum absolute atomic E-state index is 11.7. The molecule has 22 heavy (non-hydrogen) atoms. The Hall–Kier alpha value is -1.22. The summed E-state index contributed by atoms with van der Waals surface area (Å²) >= 11 is 0. The molecule has 8 nitrogen and oxygen atoms in total. The molecular weight excluding hydrogens is 284 g/mol. The highest BCUT2D eigenvalue weighted by molar-refractivity contribution is 5.82. The van der Waals surface area contributed by atoms with Gasteiger partial charge in [-0.3, -0.25) is 9.59 Å². The van der Waals surface area contributed by atoms with Crippen LogP contribution < -0.4 is 33.6 Å². The van der Waals surface area contributed by atoms with Crippen LogP contribution in [0, 0.1) is 0 Å². The van der Waals surface area contributed by atoms with E-state index in [1.165, 1.54) is 0 Å². The molecule has 0 aliphatic heterocycles. The van der Waals surface area contributed by atoms with Crippen LogP contribution in [0.1, 0.15) is 38.5 Å². The minimum atomic E-state index is -0.519. The van der Waals surface area contributed by atoms with Gasteiger partial charge in [0.25, 0.3) is 0 Å². The van der Waals surface area contributed by atoms with Crippen molar-refractivity contribution in [3.8, 4) is 0 Å². The van der Waals surface area contributed by atoms with Crippen molar-refractivity contribution < 1.29 is 9.59 Å². The van der Waals surface area contributed by atoms with Gasteiger partial charge in [-0.1, -0.05) is 6.42 Å². The van der Waals surface area contributed by atoms with Gasteiger partial charge in [-0.2, -0.15) is 0 Å². The van der Waals surface area contributed by atoms with Gasteiger partial charge < -0.3 is 33.6 Å². The lowest BCUT2D eigenvalue weighted by Crippen LogP contribution is -2.43. The Morgan fingerprint density at radius 3 is 1.64 bits per heavy atom. The quantitative estimate of drug-likeness (QED) is 0.218. The van der Waals surface area contributed by atoms with Crippen molar-refractivity contribution in [2.24, 2.45) is 22.9 Å². The molecule has 0 rings (SSSR count). The number of rotatable bonds is 13. The Balaban J connectivity index is 3.63. The van der Waals surface area contributed by atoms with Gasteiger partial charge >= 0.3 is 0 Å². The normalized spacial score (nSPS) is 13.5. The van der Waals surface area contributed by atoms with Crippen molar-refractivity contribution in [1.82, 2.24) is 10.6 Å². The highest BCUT2D eigenvalue weighted by Crippen LogP contribution is 1.98. The third-order valence-electron chi connectivity index (χ3n) is 3.31. The maximum atomic E-state index is 11.7. The van der Waals surface area contributed by atoms with E-state index in [1.807, 2.05) is 0 Å². The summed E-state index contributed by atoms with van der Waals surface area (Å²) in [7, 11) is 0. The van der Waals surface area contributed by atoms with Crippen LogP contribution in [0.25, 0.3) is 0 Å². The topological polar surface area (TPSA) is 162 Å². The summed E-state index contributed by atoms with van der Waals surface area (Å²) < 4.78 is 0. The summed E-state index contributed by atoms with van der Waals surface area (Å²) in [6, 6.07) is -1.01. The standard InChI is InChI=1S/C14H32N6O2/c15-7-2-1-5-11(17)13(21)19-9-4-10-20-14(22)12(18)6-3-8-16/h11-12H,1-10,15-18H2,(H,19,21)(H,20,22)/t11-,12-/m0/s1. The number of amides is 2. The fourth-order valence-electron chi connectivity index (χ4n) is 1.88. The Labute approximate surface area is 132 Å². The molecule has 0 bridgehead atoms. The highest BCUT2D eigenvalue weighted by Gasteiger charge is 2.13. The van der Waals surface area contributed by atoms with Crippen LogP contribution in [0.2, 0.25) is 0 Å². The lowest BCUT2D eigenvalue weighted by molar-refractivity contribution is -0.122. The van der Waals surface area contributed by atoms with Gasteiger partial charge in [0.15, 0.2) is 0 Å². The molecule has 130 valence electrons. The molecule has 0 aliphatic rings. The van der Waals surface area contributed by atoms with Crippen LogP contribution in [0.4, 0.5) is 0 Å². The molecular formula is C14H32N6O2. The van der Waals surface area contributed by atoms with Gasteiger partial charge in [-0.15, -0.1) is 0 Å². The van der Waals surface area contributed by atoms with E-state index < -0.39 is 12.1 Å². The smallest absolute Gasteiger partial charge is 0.236 e. The third-order valence-corrected chi connectivity index (χ3v) is 3.31. The molecule has 0 spiro atoms. The number of nitrogens with one attached hydrogen (secondary N) is 2. The Morgan fingerprint density at radius 1 is 0.727 bits per heavy atom. The van der Waals surface area contributed by atoms with Crippen molar-refractivity contribution in [2.75, 3.05) is 26.2 Å². The molecule has 0 heterocycles. The number of hydrogen-bond donors (Lipinski definition) is 6. The summed E-state index contributed by atoms with van der Waals surface area (Å²) in [5.74, 6) is -0.346. The zero-order valence-corrected chi connectivity index (χ0v) is 13.4. The molecule has 2 amide bonds. The van der Waals surface area contributed by atoms with Crippen LogP contribution in [0.3, 0.4) is 0 Å². The van der Waals surface area contributed by atoms with Crippen LogP contribution in [-0.2, 0) is 9.59 Å². The van der Waals surface area contributed by atoms with Gasteiger partial charge in [-0.25, -0.2) is 0 Å². The molecule has 0 unspecified atom stereocenters. The number of unbranched alkanes of at least 4 members (excludes halogenated alkanes) is 1. The lowest BCUT2D eigenvalue weighted by Gasteiger charge is -2.13. The van der Waals surface area contributed by atoms with Crippen LogP contribution in [-0.4, -0.2) is 50.1 Å². The van der Waals surface area contributed by atoms with Crippen molar-refractivity contribution in [3.63, 3.8) is 0 Å². The first-order chi connectivity index (χ1) is 10.5. The summed E-state index contributed by atoms with van der Waals surface area (Å²) in [4.78, 5) is 23.3. The third kappa shape index (κ3) is 10.5. The first kappa shape index (κ1) is 20.8. The van der Waals surface area contributed by atoms with E-state index >= 15 is 0 Å². The number of nitrogens with two attached hydrogens (primary N) is 4. The second-order valence-corrected chi connectivity index (χ2v) is 5.36. The second-order valence-electron chi connectivity index (χ2n) is 5.36. The summed E-state index contributed by atoms with van der Waals surface area (Å²) in [6.45, 7) is 2.08. The average molecular weight is 316 g/mol. The van der Waals surface area contributed by atoms with E-state index in [-0.39, 0.29) is 11.8 Å². The molecule has 0 fully saturated rings. The molecule has 0 saturated carbocycles. The zero-order valence-electron chi connectivity index (χ0n) is 13.4. The number of hydrogen-bond acceptors (Lipinski definition) is 6. The van der Waals surface area contributed by atoms with E-state index in [1.54, 1.807) is 0 Å². The first-order valence-electron chi connectivity index (χ1n) is 7.99. The highest BCUT2D eigenvalue weighted by atomic mass is 16.2. The minimum Gasteiger partial charge on any atom is -0.355 e. The van der Waals surface area contributed by atoms with Crippen molar-refractivity contribution in [1.29, 1.82) is 0 Å². The SMILES string of the molecule is NCCCC[C@H](N)C(=O)NCCCNC(=O)[C@@H](N)CCCN. The number of carbonyl (C=O) groups is 2. The van der Waals surface area contributed by atoms with Crippen LogP contribution in [0.15, 0.2) is 0 Å². The van der Waals surface area contributed by atoms with Crippen molar-refractivity contribution in [3.05, 3.63) is 0 Å². The Morgan fingerprint density at radius 2 is 1.18 bits per heavy atom. The Kier molecular flexibility index (Phi) is 12.7. The average Bonchev–Trinajstić information content (AvgIpc) is 2.51. The molecule has 0 radical (unpaired) electrons. The fourth-order valence-corrected chi connectivity index (χ4v) is 1.88. The molecule has 0 aliphatic carbocycles. The van der Waals surface area contributed by atoms with Crippen LogP contribution >= 0.6 is 0 Å². The van der Waals surface area contributed by atoms with Crippen molar-refractivity contribution in [2.45, 2.75) is 50.6 Å². The van der Waals surface area contributed by atoms with Gasteiger partial charge in [0.05, 0.1) is 12.1 Å². The Bertz CT molecular complexity index is 314. The van der Waals surface area contributed by atoms with E-state index in [0.717, 1.165) is 19.3 Å². The predicted octanol–water partition coefficient (Wildman–Crippen LogP) is -1.87. The molecule has 0 aromatic rings. The predicted molar refractivity (Wildman–Crippen MR) is 87.8 cm³/mol. The lowest BCUT2D eigenvalue weighted by atomic mass is 10.1. The molecule has 2 atom stereocenters. The fraction of sp³-hybridized carbons (Fsp3) is 0.857. The first-order valence-corrected chi connectivity index (χ1v) is 7.99. The molecule has 0 aromatic carbocycles. The van der Waals surface area contributed by atoms with Crippen molar-refractivity contribution >= 4 is 11.8 Å². The molecule has 0 aromatic heterocycles. The summed E-state index contributed by atoms with van der Waals surface area (Å²) in [5, 5.41) is 5.49. The molecule has 0 saturated heterocycles. The second kappa shape index (κ2) is 13.4. The molecule has 8 heteroatoms. The van der Waals surface area contributed by atoms with E-state index in [4.69, 9.17) is 22.9 Å². The van der Waals surface area contributed by atoms with E-state index in [2.05, 4.69) is 10.6 Å².